The third-order valence-electron chi connectivity index (χ3n) is 20.8. The minimum absolute atomic E-state index is 0.206. The van der Waals surface area contributed by atoms with E-state index in [4.69, 9.17) is 4.74 Å². The van der Waals surface area contributed by atoms with Crippen molar-refractivity contribution in [3.8, 4) is 22.6 Å². The molecule has 4 aliphatic rings. The monoisotopic (exact) mass is 1310 g/mol. The van der Waals surface area contributed by atoms with E-state index < -0.39 is 0 Å². The number of fused-ring (bicyclic) bond motifs is 14. The van der Waals surface area contributed by atoms with Crippen molar-refractivity contribution in [2.24, 2.45) is 0 Å². The highest BCUT2D eigenvalue weighted by molar-refractivity contribution is 7.27. The number of benzene rings is 15. The molecule has 4 aliphatic heterocycles. The van der Waals surface area contributed by atoms with Crippen LogP contribution in [0.15, 0.2) is 346 Å². The molecule has 0 aliphatic carbocycles. The average molecular weight is 1310 g/mol. The third-order valence-corrected chi connectivity index (χ3v) is 23.2. The van der Waals surface area contributed by atoms with Crippen LogP contribution >= 0.6 is 22.7 Å². The van der Waals surface area contributed by atoms with E-state index in [1.807, 2.05) is 22.7 Å². The Labute approximate surface area is 588 Å². The van der Waals surface area contributed by atoms with E-state index in [0.29, 0.717) is 0 Å². The van der Waals surface area contributed by atoms with Gasteiger partial charge in [0.2, 0.25) is 0 Å². The second-order valence-electron chi connectivity index (χ2n) is 26.2. The van der Waals surface area contributed by atoms with Gasteiger partial charge in [-0.1, -0.05) is 224 Å². The van der Waals surface area contributed by atoms with E-state index in [1.165, 1.54) is 62.2 Å². The summed E-state index contributed by atoms with van der Waals surface area (Å²) in [4.78, 5) is 12.7. The Balaban J connectivity index is 0.879. The fourth-order valence-corrected chi connectivity index (χ4v) is 19.1. The second kappa shape index (κ2) is 22.6. The van der Waals surface area contributed by atoms with E-state index >= 15 is 0 Å². The zero-order valence-corrected chi connectivity index (χ0v) is 55.7. The summed E-state index contributed by atoms with van der Waals surface area (Å²) in [5.74, 6) is 1.69. The van der Waals surface area contributed by atoms with E-state index in [1.54, 1.807) is 0 Å². The van der Waals surface area contributed by atoms with Crippen molar-refractivity contribution in [1.82, 2.24) is 0 Å². The number of hydrogen-bond donors (Lipinski definition) is 0. The predicted octanol–water partition coefficient (Wildman–Crippen LogP) is 21.5. The molecular weight excluding hydrogens is 1250 g/mol. The first-order chi connectivity index (χ1) is 49.6. The molecule has 21 rings (SSSR count). The molecule has 100 heavy (non-hydrogen) atoms. The van der Waals surface area contributed by atoms with Crippen molar-refractivity contribution in [3.63, 3.8) is 0 Å². The first-order valence-corrected chi connectivity index (χ1v) is 35.8. The Hall–Kier alpha value is -12.3. The van der Waals surface area contributed by atoms with Crippen molar-refractivity contribution < 1.29 is 4.74 Å². The van der Waals surface area contributed by atoms with Gasteiger partial charge in [0.05, 0.1) is 37.8 Å². The first kappa shape index (κ1) is 56.8. The van der Waals surface area contributed by atoms with Crippen LogP contribution in [0.25, 0.3) is 51.5 Å². The third kappa shape index (κ3) is 8.64. The molecule has 15 aromatic carbocycles. The quantitative estimate of drug-likeness (QED) is 0.127. The maximum absolute atomic E-state index is 7.54. The zero-order chi connectivity index (χ0) is 65.5. The summed E-state index contributed by atoms with van der Waals surface area (Å²) in [6, 6.07) is 128. The van der Waals surface area contributed by atoms with Gasteiger partial charge in [-0.3, -0.25) is 0 Å². The van der Waals surface area contributed by atoms with Gasteiger partial charge in [0.25, 0.3) is 13.4 Å². The highest BCUT2D eigenvalue weighted by atomic mass is 32.1. The summed E-state index contributed by atoms with van der Waals surface area (Å²) < 4.78 is 12.5. The van der Waals surface area contributed by atoms with Crippen LogP contribution in [0.2, 0.25) is 0 Å². The molecule has 0 spiro atoms. The molecule has 6 heterocycles. The summed E-state index contributed by atoms with van der Waals surface area (Å²) in [6.07, 6.45) is 0. The number of ether oxygens (including phenoxy) is 1. The minimum Gasteiger partial charge on any atom is -0.458 e. The van der Waals surface area contributed by atoms with Gasteiger partial charge in [0, 0.05) is 99.4 Å². The molecule has 0 fully saturated rings. The molecule has 10 heteroatoms. The Morgan fingerprint density at radius 2 is 0.720 bits per heavy atom. The minimum atomic E-state index is -0.229. The number of para-hydroxylation sites is 7. The summed E-state index contributed by atoms with van der Waals surface area (Å²) in [5.41, 5.74) is 25.7. The maximum atomic E-state index is 7.54. The van der Waals surface area contributed by atoms with Crippen molar-refractivity contribution in [2.75, 3.05) is 24.5 Å². The highest BCUT2D eigenvalue weighted by Crippen LogP contribution is 2.55. The van der Waals surface area contributed by atoms with Crippen molar-refractivity contribution in [1.29, 1.82) is 0 Å². The van der Waals surface area contributed by atoms with Gasteiger partial charge >= 0.3 is 0 Å². The molecule has 0 atom stereocenters. The second-order valence-corrected chi connectivity index (χ2v) is 28.3. The van der Waals surface area contributed by atoms with Crippen LogP contribution in [-0.4, -0.2) is 13.4 Å². The predicted molar refractivity (Wildman–Crippen MR) is 427 cm³/mol. The molecular formula is C90H57B2N5OS2. The number of thiophene rings is 2. The SMILES string of the molecule is c1ccc(-c2ccccc2N2c3cc4c(cc3B3c5ccccc5N(c5ccccc5)c5cc(N(c6ccccc6)c6ccccc6)cc2c53)B2c3ccccc3Oc3cc(N(c5cccc6c5sc5ccccc56)c5cccc6c5sc5ccccc56)cc(c32)N4c2ccccc2)cc1. The van der Waals surface area contributed by atoms with Gasteiger partial charge in [-0.05, 0) is 154 Å². The summed E-state index contributed by atoms with van der Waals surface area (Å²) >= 11 is 3.73. The highest BCUT2D eigenvalue weighted by Gasteiger charge is 2.49. The van der Waals surface area contributed by atoms with Gasteiger partial charge in [0.1, 0.15) is 11.5 Å². The molecule has 466 valence electrons. The van der Waals surface area contributed by atoms with Crippen LogP contribution in [-0.2, 0) is 0 Å². The van der Waals surface area contributed by atoms with Gasteiger partial charge < -0.3 is 29.2 Å². The lowest BCUT2D eigenvalue weighted by atomic mass is 9.30. The van der Waals surface area contributed by atoms with Crippen LogP contribution in [0.3, 0.4) is 0 Å². The van der Waals surface area contributed by atoms with E-state index in [2.05, 4.69) is 370 Å². The molecule has 2 aromatic heterocycles. The molecule has 0 bridgehead atoms. The zero-order valence-electron chi connectivity index (χ0n) is 54.0. The Morgan fingerprint density at radius 1 is 0.270 bits per heavy atom. The largest absolute Gasteiger partial charge is 0.458 e. The lowest BCUT2D eigenvalue weighted by Crippen LogP contribution is -2.64. The number of nitrogens with zero attached hydrogens (tertiary/aromatic N) is 5. The van der Waals surface area contributed by atoms with Crippen LogP contribution < -0.4 is 62.0 Å². The average Bonchev–Trinajstić information content (AvgIpc) is 0.822. The van der Waals surface area contributed by atoms with Gasteiger partial charge in [-0.25, -0.2) is 0 Å². The molecule has 17 aromatic rings. The Morgan fingerprint density at radius 3 is 1.34 bits per heavy atom. The molecule has 0 radical (unpaired) electrons. The van der Waals surface area contributed by atoms with E-state index in [0.717, 1.165) is 119 Å². The maximum Gasteiger partial charge on any atom is 0.256 e. The molecule has 0 saturated carbocycles. The molecule has 0 unspecified atom stereocenters. The smallest absolute Gasteiger partial charge is 0.256 e. The summed E-state index contributed by atoms with van der Waals surface area (Å²) in [6.45, 7) is -0.434. The van der Waals surface area contributed by atoms with Gasteiger partial charge in [-0.15, -0.1) is 22.7 Å². The summed E-state index contributed by atoms with van der Waals surface area (Å²) in [7, 11) is 0. The normalized spacial score (nSPS) is 13.0. The van der Waals surface area contributed by atoms with Crippen molar-refractivity contribution >= 4 is 195 Å². The van der Waals surface area contributed by atoms with Gasteiger partial charge in [0.15, 0.2) is 0 Å². The van der Waals surface area contributed by atoms with Crippen LogP contribution in [0.5, 0.6) is 11.5 Å². The lowest BCUT2D eigenvalue weighted by Gasteiger charge is -2.47. The fraction of sp³-hybridized carbons (Fsp3) is 0. The van der Waals surface area contributed by atoms with Crippen LogP contribution in [0.4, 0.5) is 85.3 Å². The van der Waals surface area contributed by atoms with Crippen molar-refractivity contribution in [3.05, 3.63) is 346 Å². The van der Waals surface area contributed by atoms with E-state index in [-0.39, 0.29) is 13.4 Å². The Kier molecular flexibility index (Phi) is 12.9. The lowest BCUT2D eigenvalue weighted by molar-refractivity contribution is 0.487. The number of anilines is 15. The standard InChI is InChI=1S/C90H57B2N5OS2/c1-6-28-58(29-7-1)65-38-16-21-45-74(65)97-79-57-78-72(56-73(79)91-70-43-19-22-46-75(70)94(61-34-12-4-13-35-61)80-52-63(53-81(97)87(80)91)93(59-30-8-2-9-31-59)60-32-10-3-11-33-60)92-71-44-20-23-49-83(71)98-84-55-64(54-82(88(84)92)95(78)62-36-14-5-15-37-62)96(76-47-26-41-68-66-39-17-24-50-85(66)99-89(68)76)77-48-27-42-69-67-40-18-25-51-86(67)100-90(69)77/h1-57H. The Bertz CT molecular complexity index is 6000. The fourth-order valence-electron chi connectivity index (χ4n) is 16.7. The summed E-state index contributed by atoms with van der Waals surface area (Å²) in [5, 5.41) is 4.99. The first-order valence-electron chi connectivity index (χ1n) is 34.2. The topological polar surface area (TPSA) is 25.4 Å². The molecule has 0 saturated heterocycles. The van der Waals surface area contributed by atoms with Crippen LogP contribution in [0, 0.1) is 0 Å². The number of hydrogen-bond acceptors (Lipinski definition) is 8. The molecule has 6 nitrogen and oxygen atoms in total. The molecule has 0 amide bonds. The molecule has 0 N–H and O–H groups in total. The number of rotatable bonds is 10. The van der Waals surface area contributed by atoms with Gasteiger partial charge in [-0.2, -0.15) is 0 Å². The van der Waals surface area contributed by atoms with Crippen molar-refractivity contribution in [2.45, 2.75) is 0 Å². The van der Waals surface area contributed by atoms with Crippen LogP contribution in [0.1, 0.15) is 0 Å². The van der Waals surface area contributed by atoms with E-state index in [9.17, 15) is 0 Å².